The van der Waals surface area contributed by atoms with E-state index in [1.54, 1.807) is 0 Å². The average molecular weight is 200 g/mol. The smallest absolute Gasteiger partial charge is 0.102 e. The van der Waals surface area contributed by atoms with Crippen molar-refractivity contribution in [2.45, 2.75) is 45.4 Å². The van der Waals surface area contributed by atoms with Crippen molar-refractivity contribution in [1.82, 2.24) is 0 Å². The molecule has 1 aliphatic rings. The van der Waals surface area contributed by atoms with Crippen molar-refractivity contribution in [3.05, 3.63) is 0 Å². The van der Waals surface area contributed by atoms with Gasteiger partial charge in [0.05, 0.1) is 26.2 Å². The molecule has 0 aromatic carbocycles. The summed E-state index contributed by atoms with van der Waals surface area (Å²) in [4.78, 5) is 0. The van der Waals surface area contributed by atoms with Gasteiger partial charge < -0.3 is 9.59 Å². The van der Waals surface area contributed by atoms with Crippen molar-refractivity contribution in [3.63, 3.8) is 0 Å². The zero-order valence-corrected chi connectivity index (χ0v) is 9.67. The molecule has 1 rings (SSSR count). The normalized spacial score (nSPS) is 21.0. The monoisotopic (exact) mass is 200 g/mol. The fraction of sp³-hybridized carbons (Fsp3) is 1.00. The van der Waals surface area contributed by atoms with E-state index in [4.69, 9.17) is 5.11 Å². The van der Waals surface area contributed by atoms with E-state index in [9.17, 15) is 0 Å². The molecule has 2 heteroatoms. The minimum atomic E-state index is 0.367. The van der Waals surface area contributed by atoms with Gasteiger partial charge in [0.15, 0.2) is 0 Å². The van der Waals surface area contributed by atoms with Gasteiger partial charge in [0.2, 0.25) is 0 Å². The molecule has 0 bridgehead atoms. The number of hydrogen-bond donors (Lipinski definition) is 1. The molecule has 0 saturated carbocycles. The van der Waals surface area contributed by atoms with Crippen LogP contribution >= 0.6 is 0 Å². The van der Waals surface area contributed by atoms with Gasteiger partial charge in [0, 0.05) is 0 Å². The average Bonchev–Trinajstić information content (AvgIpc) is 2.20. The summed E-state index contributed by atoms with van der Waals surface area (Å²) in [6.07, 6.45) is 8.14. The van der Waals surface area contributed by atoms with Crippen molar-refractivity contribution >= 4 is 0 Å². The fourth-order valence-corrected chi connectivity index (χ4v) is 2.65. The third-order valence-electron chi connectivity index (χ3n) is 3.58. The third-order valence-corrected chi connectivity index (χ3v) is 3.58. The summed E-state index contributed by atoms with van der Waals surface area (Å²) < 4.78 is 1.20. The maximum absolute atomic E-state index is 9.12. The van der Waals surface area contributed by atoms with Gasteiger partial charge in [-0.2, -0.15) is 0 Å². The highest BCUT2D eigenvalue weighted by molar-refractivity contribution is 4.55. The zero-order valence-electron chi connectivity index (χ0n) is 9.67. The molecule has 0 amide bonds. The lowest BCUT2D eigenvalue weighted by molar-refractivity contribution is -0.932. The lowest BCUT2D eigenvalue weighted by Gasteiger charge is -2.41. The number of aliphatic hydroxyl groups is 1. The van der Waals surface area contributed by atoms with Crippen LogP contribution in [0.3, 0.4) is 0 Å². The Morgan fingerprint density at radius 2 is 1.71 bits per heavy atom. The Labute approximate surface area is 88.5 Å². The number of hydrogen-bond acceptors (Lipinski definition) is 1. The van der Waals surface area contributed by atoms with Crippen molar-refractivity contribution in [1.29, 1.82) is 0 Å². The lowest BCUT2D eigenvalue weighted by atomic mass is 10.1. The highest BCUT2D eigenvalue weighted by Crippen LogP contribution is 2.19. The lowest BCUT2D eigenvalue weighted by Crippen LogP contribution is -2.53. The molecule has 84 valence electrons. The van der Waals surface area contributed by atoms with E-state index in [1.165, 1.54) is 62.6 Å². The molecule has 0 atom stereocenters. The largest absolute Gasteiger partial charge is 0.391 e. The van der Waals surface area contributed by atoms with Gasteiger partial charge in [0.25, 0.3) is 0 Å². The van der Waals surface area contributed by atoms with Crippen LogP contribution in [0.1, 0.15) is 45.4 Å². The first-order chi connectivity index (χ1) is 6.83. The summed E-state index contributed by atoms with van der Waals surface area (Å²) in [7, 11) is 0. The van der Waals surface area contributed by atoms with Crippen LogP contribution in [0.2, 0.25) is 0 Å². The molecule has 1 aliphatic heterocycles. The van der Waals surface area contributed by atoms with Crippen LogP contribution < -0.4 is 0 Å². The van der Waals surface area contributed by atoms with Crippen molar-refractivity contribution in [2.75, 3.05) is 32.8 Å². The SMILES string of the molecule is CCCCC[N+]1(CCO)CCCCC1. The van der Waals surface area contributed by atoms with Gasteiger partial charge in [-0.1, -0.05) is 13.3 Å². The summed E-state index contributed by atoms with van der Waals surface area (Å²) in [5.74, 6) is 0. The number of nitrogens with zero attached hydrogens (tertiary/aromatic N) is 1. The van der Waals surface area contributed by atoms with Crippen molar-refractivity contribution < 1.29 is 9.59 Å². The van der Waals surface area contributed by atoms with Crippen LogP contribution in [0, 0.1) is 0 Å². The Hall–Kier alpha value is -0.0800. The van der Waals surface area contributed by atoms with Gasteiger partial charge in [0.1, 0.15) is 6.54 Å². The molecular formula is C12H26NO+. The van der Waals surface area contributed by atoms with E-state index in [2.05, 4.69) is 6.92 Å². The summed E-state index contributed by atoms with van der Waals surface area (Å²) in [5, 5.41) is 9.12. The summed E-state index contributed by atoms with van der Waals surface area (Å²) in [6.45, 7) is 7.53. The maximum Gasteiger partial charge on any atom is 0.102 e. The van der Waals surface area contributed by atoms with Gasteiger partial charge in [-0.3, -0.25) is 0 Å². The molecular weight excluding hydrogens is 174 g/mol. The van der Waals surface area contributed by atoms with E-state index in [0.29, 0.717) is 6.61 Å². The number of piperidine rings is 1. The Morgan fingerprint density at radius 3 is 2.29 bits per heavy atom. The maximum atomic E-state index is 9.12. The van der Waals surface area contributed by atoms with Gasteiger partial charge in [-0.05, 0) is 32.1 Å². The van der Waals surface area contributed by atoms with E-state index in [1.807, 2.05) is 0 Å². The first kappa shape index (κ1) is 12.0. The highest BCUT2D eigenvalue weighted by atomic mass is 16.3. The van der Waals surface area contributed by atoms with Crippen molar-refractivity contribution in [3.8, 4) is 0 Å². The third kappa shape index (κ3) is 3.58. The van der Waals surface area contributed by atoms with Crippen LogP contribution in [0.5, 0.6) is 0 Å². The Kier molecular flexibility index (Phi) is 5.49. The van der Waals surface area contributed by atoms with E-state index in [0.717, 1.165) is 6.54 Å². The molecule has 2 nitrogen and oxygen atoms in total. The molecule has 1 fully saturated rings. The van der Waals surface area contributed by atoms with Crippen LogP contribution in [-0.4, -0.2) is 42.4 Å². The van der Waals surface area contributed by atoms with E-state index < -0.39 is 0 Å². The minimum absolute atomic E-state index is 0.367. The molecule has 0 radical (unpaired) electrons. The molecule has 0 unspecified atom stereocenters. The van der Waals surface area contributed by atoms with E-state index >= 15 is 0 Å². The molecule has 1 N–H and O–H groups in total. The van der Waals surface area contributed by atoms with Gasteiger partial charge in [-0.15, -0.1) is 0 Å². The topological polar surface area (TPSA) is 20.2 Å². The molecule has 14 heavy (non-hydrogen) atoms. The van der Waals surface area contributed by atoms with Crippen LogP contribution in [0.25, 0.3) is 0 Å². The minimum Gasteiger partial charge on any atom is -0.391 e. The first-order valence-electron chi connectivity index (χ1n) is 6.29. The molecule has 0 aromatic rings. The molecule has 0 aliphatic carbocycles. The summed E-state index contributed by atoms with van der Waals surface area (Å²) in [6, 6.07) is 0. The number of unbranched alkanes of at least 4 members (excludes halogenated alkanes) is 2. The Bertz CT molecular complexity index is 136. The first-order valence-corrected chi connectivity index (χ1v) is 6.29. The van der Waals surface area contributed by atoms with Crippen LogP contribution in [0.15, 0.2) is 0 Å². The summed E-state index contributed by atoms with van der Waals surface area (Å²) >= 11 is 0. The number of rotatable bonds is 6. The van der Waals surface area contributed by atoms with Gasteiger partial charge >= 0.3 is 0 Å². The standard InChI is InChI=1S/C12H26NO/c1-2-3-5-8-13(11-12-14)9-6-4-7-10-13/h14H,2-12H2,1H3/q+1. The number of likely N-dealkylation sites (tertiary alicyclic amines) is 1. The summed E-state index contributed by atoms with van der Waals surface area (Å²) in [5.41, 5.74) is 0. The van der Waals surface area contributed by atoms with Crippen LogP contribution in [0.4, 0.5) is 0 Å². The fourth-order valence-electron chi connectivity index (χ4n) is 2.65. The molecule has 0 spiro atoms. The molecule has 0 aromatic heterocycles. The second-order valence-corrected chi connectivity index (χ2v) is 4.73. The second-order valence-electron chi connectivity index (χ2n) is 4.73. The van der Waals surface area contributed by atoms with E-state index in [-0.39, 0.29) is 0 Å². The Morgan fingerprint density at radius 1 is 1.00 bits per heavy atom. The predicted octanol–water partition coefficient (Wildman–Crippen LogP) is 2.17. The second kappa shape index (κ2) is 6.41. The Balaban J connectivity index is 2.34. The molecule has 1 saturated heterocycles. The molecule has 1 heterocycles. The highest BCUT2D eigenvalue weighted by Gasteiger charge is 2.28. The zero-order chi connectivity index (χ0) is 10.3. The quantitative estimate of drug-likeness (QED) is 0.514. The van der Waals surface area contributed by atoms with Crippen LogP contribution in [-0.2, 0) is 0 Å². The predicted molar refractivity (Wildman–Crippen MR) is 60.2 cm³/mol. The van der Waals surface area contributed by atoms with Crippen molar-refractivity contribution in [2.24, 2.45) is 0 Å². The number of aliphatic hydroxyl groups excluding tert-OH is 1. The van der Waals surface area contributed by atoms with Gasteiger partial charge in [-0.25, -0.2) is 0 Å². The number of quaternary nitrogens is 1.